The number of amides is 1. The van der Waals surface area contributed by atoms with Gasteiger partial charge in [0.05, 0.1) is 18.0 Å². The first-order valence-corrected chi connectivity index (χ1v) is 10.2. The molecule has 0 radical (unpaired) electrons. The minimum atomic E-state index is -1.04. The van der Waals surface area contributed by atoms with Crippen LogP contribution in [-0.2, 0) is 11.3 Å². The summed E-state index contributed by atoms with van der Waals surface area (Å²) < 4.78 is 24.7. The summed E-state index contributed by atoms with van der Waals surface area (Å²) >= 11 is 0. The van der Waals surface area contributed by atoms with Crippen molar-refractivity contribution in [1.82, 2.24) is 4.98 Å². The molecule has 1 amide bonds. The topological polar surface area (TPSA) is 107 Å². The van der Waals surface area contributed by atoms with E-state index in [0.717, 1.165) is 22.9 Å². The third-order valence-electron chi connectivity index (χ3n) is 4.58. The number of nitrogens with zero attached hydrogens (tertiary/aromatic N) is 1. The fourth-order valence-corrected chi connectivity index (χ4v) is 3.11. The molecule has 0 saturated carbocycles. The zero-order valence-electron chi connectivity index (χ0n) is 17.9. The second-order valence-electron chi connectivity index (χ2n) is 7.36. The zero-order valence-corrected chi connectivity index (χ0v) is 17.9. The largest absolute Gasteiger partial charge is 0.488 e. The highest BCUT2D eigenvalue weighted by atomic mass is 19.1. The second kappa shape index (κ2) is 10.8. The van der Waals surface area contributed by atoms with Crippen LogP contribution in [0.25, 0.3) is 11.1 Å². The van der Waals surface area contributed by atoms with Gasteiger partial charge in [-0.2, -0.15) is 0 Å². The van der Waals surface area contributed by atoms with Crippen LogP contribution in [0.4, 0.5) is 10.1 Å². The molecule has 32 heavy (non-hydrogen) atoms. The number of nitrogens with one attached hydrogen (secondary N) is 1. The van der Waals surface area contributed by atoms with Gasteiger partial charge in [-0.15, -0.1) is 0 Å². The van der Waals surface area contributed by atoms with Gasteiger partial charge in [0.2, 0.25) is 0 Å². The fraction of sp³-hybridized carbons (Fsp3) is 0.250. The number of carbonyl (C=O) groups excluding carboxylic acids is 1. The van der Waals surface area contributed by atoms with Crippen molar-refractivity contribution in [3.63, 3.8) is 0 Å². The van der Waals surface area contributed by atoms with Crippen LogP contribution in [0.15, 0.2) is 60.9 Å². The lowest BCUT2D eigenvalue weighted by molar-refractivity contribution is -0.142. The standard InChI is InChI=1S/C24H26FN3O4/c1-15(2)32-23(29)14-31-19-5-3-4-16(10-19)20-11-17(6-7-18(20)12-26)24(30)28-22-8-9-27-13-21(22)25/h3-11,13,15,23,29H,12,14,26H2,1-2H3,(H,27,28,30). The lowest BCUT2D eigenvalue weighted by Gasteiger charge is -2.16. The number of aromatic nitrogens is 1. The average molecular weight is 439 g/mol. The summed E-state index contributed by atoms with van der Waals surface area (Å²) in [6, 6.07) is 13.7. The maximum absolute atomic E-state index is 13.8. The molecule has 3 aromatic rings. The van der Waals surface area contributed by atoms with Gasteiger partial charge in [0.1, 0.15) is 12.4 Å². The number of pyridine rings is 1. The Balaban J connectivity index is 1.82. The smallest absolute Gasteiger partial charge is 0.255 e. The summed E-state index contributed by atoms with van der Waals surface area (Å²) in [6.45, 7) is 3.89. The summed E-state index contributed by atoms with van der Waals surface area (Å²) in [5.41, 5.74) is 8.66. The van der Waals surface area contributed by atoms with Gasteiger partial charge in [-0.3, -0.25) is 9.78 Å². The van der Waals surface area contributed by atoms with Crippen molar-refractivity contribution in [2.75, 3.05) is 11.9 Å². The van der Waals surface area contributed by atoms with Crippen LogP contribution in [-0.4, -0.2) is 35.0 Å². The van der Waals surface area contributed by atoms with Crippen LogP contribution >= 0.6 is 0 Å². The van der Waals surface area contributed by atoms with Crippen molar-refractivity contribution in [1.29, 1.82) is 0 Å². The molecule has 3 rings (SSSR count). The molecule has 168 valence electrons. The highest BCUT2D eigenvalue weighted by molar-refractivity contribution is 6.05. The number of hydrogen-bond acceptors (Lipinski definition) is 6. The maximum Gasteiger partial charge on any atom is 0.255 e. The minimum absolute atomic E-state index is 0.0225. The van der Waals surface area contributed by atoms with Gasteiger partial charge >= 0.3 is 0 Å². The normalized spacial score (nSPS) is 11.9. The first-order valence-electron chi connectivity index (χ1n) is 10.2. The van der Waals surface area contributed by atoms with Crippen LogP contribution in [0, 0.1) is 5.82 Å². The van der Waals surface area contributed by atoms with E-state index < -0.39 is 18.0 Å². The van der Waals surface area contributed by atoms with E-state index in [1.165, 1.54) is 12.3 Å². The lowest BCUT2D eigenvalue weighted by atomic mass is 9.96. The summed E-state index contributed by atoms with van der Waals surface area (Å²) in [7, 11) is 0. The molecular formula is C24H26FN3O4. The Bertz CT molecular complexity index is 1070. The monoisotopic (exact) mass is 439 g/mol. The molecule has 0 aliphatic heterocycles. The number of anilines is 1. The number of carbonyl (C=O) groups is 1. The van der Waals surface area contributed by atoms with E-state index in [-0.39, 0.29) is 24.9 Å². The molecule has 7 nitrogen and oxygen atoms in total. The van der Waals surface area contributed by atoms with Crippen molar-refractivity contribution in [2.45, 2.75) is 32.8 Å². The number of nitrogens with two attached hydrogens (primary N) is 1. The predicted molar refractivity (Wildman–Crippen MR) is 120 cm³/mol. The van der Waals surface area contributed by atoms with E-state index in [9.17, 15) is 14.3 Å². The molecule has 0 bridgehead atoms. The number of aliphatic hydroxyl groups is 1. The fourth-order valence-electron chi connectivity index (χ4n) is 3.11. The molecule has 8 heteroatoms. The first kappa shape index (κ1) is 23.3. The van der Waals surface area contributed by atoms with Gasteiger partial charge < -0.3 is 25.6 Å². The summed E-state index contributed by atoms with van der Waals surface area (Å²) in [4.78, 5) is 16.4. The number of benzene rings is 2. The third kappa shape index (κ3) is 6.10. The van der Waals surface area contributed by atoms with Crippen molar-refractivity contribution in [3.05, 3.63) is 77.9 Å². The maximum atomic E-state index is 13.8. The molecule has 4 N–H and O–H groups in total. The van der Waals surface area contributed by atoms with Gasteiger partial charge in [0, 0.05) is 18.3 Å². The molecular weight excluding hydrogens is 413 g/mol. The summed E-state index contributed by atoms with van der Waals surface area (Å²) in [6.07, 6.45) is 1.27. The van der Waals surface area contributed by atoms with E-state index in [2.05, 4.69) is 10.3 Å². The van der Waals surface area contributed by atoms with E-state index in [1.807, 2.05) is 19.9 Å². The first-order chi connectivity index (χ1) is 15.4. The predicted octanol–water partition coefficient (Wildman–Crippen LogP) is 3.72. The van der Waals surface area contributed by atoms with Gasteiger partial charge in [-0.25, -0.2) is 4.39 Å². The summed E-state index contributed by atoms with van der Waals surface area (Å²) in [5, 5.41) is 12.4. The Labute approximate surface area is 186 Å². The quantitative estimate of drug-likeness (QED) is 0.439. The highest BCUT2D eigenvalue weighted by Crippen LogP contribution is 2.29. The Morgan fingerprint density at radius 2 is 2.03 bits per heavy atom. The Morgan fingerprint density at radius 1 is 1.22 bits per heavy atom. The number of hydrogen-bond donors (Lipinski definition) is 3. The van der Waals surface area contributed by atoms with Gasteiger partial charge in [0.25, 0.3) is 5.91 Å². The van der Waals surface area contributed by atoms with Crippen LogP contribution in [0.1, 0.15) is 29.8 Å². The Kier molecular flexibility index (Phi) is 7.88. The van der Waals surface area contributed by atoms with E-state index >= 15 is 0 Å². The van der Waals surface area contributed by atoms with Crippen LogP contribution in [0.2, 0.25) is 0 Å². The number of rotatable bonds is 9. The van der Waals surface area contributed by atoms with Crippen molar-refractivity contribution < 1.29 is 23.8 Å². The van der Waals surface area contributed by atoms with Gasteiger partial charge in [0.15, 0.2) is 12.1 Å². The zero-order chi connectivity index (χ0) is 23.1. The molecule has 1 atom stereocenters. The van der Waals surface area contributed by atoms with Crippen LogP contribution < -0.4 is 15.8 Å². The van der Waals surface area contributed by atoms with E-state index in [4.69, 9.17) is 15.2 Å². The van der Waals surface area contributed by atoms with E-state index in [0.29, 0.717) is 11.3 Å². The molecule has 0 fully saturated rings. The minimum Gasteiger partial charge on any atom is -0.488 e. The molecule has 1 unspecified atom stereocenters. The van der Waals surface area contributed by atoms with Gasteiger partial charge in [-0.1, -0.05) is 18.2 Å². The number of halogens is 1. The third-order valence-corrected chi connectivity index (χ3v) is 4.58. The SMILES string of the molecule is CC(C)OC(O)COc1cccc(-c2cc(C(=O)Nc3ccncc3F)ccc2CN)c1. The molecule has 0 aliphatic rings. The van der Waals surface area contributed by atoms with E-state index in [1.54, 1.807) is 36.4 Å². The molecule has 0 aliphatic carbocycles. The Morgan fingerprint density at radius 3 is 2.75 bits per heavy atom. The number of aliphatic hydroxyl groups excluding tert-OH is 1. The average Bonchev–Trinajstić information content (AvgIpc) is 2.78. The van der Waals surface area contributed by atoms with Crippen molar-refractivity contribution in [2.24, 2.45) is 5.73 Å². The highest BCUT2D eigenvalue weighted by Gasteiger charge is 2.14. The molecule has 0 spiro atoms. The van der Waals surface area contributed by atoms with Crippen molar-refractivity contribution in [3.8, 4) is 16.9 Å². The molecule has 0 saturated heterocycles. The number of ether oxygens (including phenoxy) is 2. The molecule has 2 aromatic carbocycles. The van der Waals surface area contributed by atoms with Crippen LogP contribution in [0.5, 0.6) is 5.75 Å². The van der Waals surface area contributed by atoms with Crippen molar-refractivity contribution >= 4 is 11.6 Å². The van der Waals surface area contributed by atoms with Gasteiger partial charge in [-0.05, 0) is 60.9 Å². The molecule has 1 aromatic heterocycles. The Hall–Kier alpha value is -3.33. The lowest BCUT2D eigenvalue weighted by Crippen LogP contribution is -2.24. The molecule has 1 heterocycles. The van der Waals surface area contributed by atoms with Crippen LogP contribution in [0.3, 0.4) is 0 Å². The second-order valence-corrected chi connectivity index (χ2v) is 7.36. The summed E-state index contributed by atoms with van der Waals surface area (Å²) in [5.74, 6) is -0.542.